The van der Waals surface area contributed by atoms with Gasteiger partial charge in [0.1, 0.15) is 5.82 Å². The fourth-order valence-corrected chi connectivity index (χ4v) is 4.55. The first kappa shape index (κ1) is 17.8. The zero-order valence-corrected chi connectivity index (χ0v) is 16.7. The molecule has 31 heavy (non-hydrogen) atoms. The smallest absolute Gasteiger partial charge is 0.266 e. The van der Waals surface area contributed by atoms with Crippen LogP contribution in [0.3, 0.4) is 0 Å². The Hall–Kier alpha value is -4.00. The number of carbonyl (C=O) groups excluding carboxylic acids is 1. The Morgan fingerprint density at radius 1 is 0.742 bits per heavy atom. The Kier molecular flexibility index (Phi) is 3.89. The second-order valence-corrected chi connectivity index (χ2v) is 7.76. The van der Waals surface area contributed by atoms with Crippen LogP contribution in [-0.2, 0) is 0 Å². The van der Waals surface area contributed by atoms with E-state index in [0.29, 0.717) is 22.2 Å². The van der Waals surface area contributed by atoms with Gasteiger partial charge in [-0.1, -0.05) is 24.3 Å². The van der Waals surface area contributed by atoms with E-state index in [9.17, 15) is 9.59 Å². The number of ketones is 1. The molecule has 6 rings (SSSR count). The zero-order chi connectivity index (χ0) is 20.9. The minimum atomic E-state index is -0.204. The molecule has 2 aromatic carbocycles. The molecule has 0 spiro atoms. The van der Waals surface area contributed by atoms with Crippen LogP contribution in [-0.4, -0.2) is 46.5 Å². The average molecular weight is 409 g/mol. The van der Waals surface area contributed by atoms with Gasteiger partial charge in [-0.25, -0.2) is 9.97 Å². The lowest BCUT2D eigenvalue weighted by Gasteiger charge is -2.37. The van der Waals surface area contributed by atoms with Crippen molar-refractivity contribution in [3.63, 3.8) is 0 Å². The van der Waals surface area contributed by atoms with Crippen molar-refractivity contribution >= 4 is 28.2 Å². The van der Waals surface area contributed by atoms with Crippen LogP contribution in [0.2, 0.25) is 0 Å². The van der Waals surface area contributed by atoms with Crippen LogP contribution < -0.4 is 15.4 Å². The van der Waals surface area contributed by atoms with Gasteiger partial charge in [-0.05, 0) is 36.4 Å². The van der Waals surface area contributed by atoms with Gasteiger partial charge in [0.25, 0.3) is 5.56 Å². The van der Waals surface area contributed by atoms with E-state index in [1.54, 1.807) is 18.3 Å². The molecule has 7 heteroatoms. The summed E-state index contributed by atoms with van der Waals surface area (Å²) in [5.74, 6) is 0.963. The van der Waals surface area contributed by atoms with Gasteiger partial charge in [-0.15, -0.1) is 0 Å². The molecule has 2 aliphatic rings. The van der Waals surface area contributed by atoms with Crippen molar-refractivity contribution in [2.75, 3.05) is 36.0 Å². The highest BCUT2D eigenvalue weighted by Gasteiger charge is 2.34. The Balaban J connectivity index is 1.39. The number of aromatic nitrogens is 3. The minimum Gasteiger partial charge on any atom is -0.367 e. The molecule has 0 radical (unpaired) electrons. The number of para-hydroxylation sites is 1. The number of fused-ring (bicyclic) bond motifs is 4. The number of hydrogen-bond acceptors (Lipinski definition) is 6. The predicted octanol–water partition coefficient (Wildman–Crippen LogP) is 2.65. The highest BCUT2D eigenvalue weighted by molar-refractivity contribution is 6.16. The van der Waals surface area contributed by atoms with Gasteiger partial charge >= 0.3 is 0 Å². The number of hydrogen-bond donors (Lipinski definition) is 0. The first-order valence-corrected chi connectivity index (χ1v) is 10.3. The summed E-state index contributed by atoms with van der Waals surface area (Å²) in [4.78, 5) is 40.0. The van der Waals surface area contributed by atoms with Crippen LogP contribution in [0.1, 0.15) is 16.2 Å². The van der Waals surface area contributed by atoms with Crippen molar-refractivity contribution in [3.05, 3.63) is 88.6 Å². The predicted molar refractivity (Wildman–Crippen MR) is 119 cm³/mol. The van der Waals surface area contributed by atoms with Crippen LogP contribution in [0.25, 0.3) is 16.6 Å². The lowest BCUT2D eigenvalue weighted by molar-refractivity contribution is 0.103. The van der Waals surface area contributed by atoms with E-state index in [-0.39, 0.29) is 17.2 Å². The highest BCUT2D eigenvalue weighted by atomic mass is 16.1. The molecule has 0 N–H and O–H groups in total. The second kappa shape index (κ2) is 6.77. The fourth-order valence-electron chi connectivity index (χ4n) is 4.55. The van der Waals surface area contributed by atoms with Crippen LogP contribution in [0.5, 0.6) is 0 Å². The Bertz CT molecular complexity index is 1390. The number of piperazine rings is 1. The summed E-state index contributed by atoms with van der Waals surface area (Å²) in [6.45, 7) is 3.15. The van der Waals surface area contributed by atoms with Gasteiger partial charge in [0.05, 0.1) is 27.8 Å². The molecule has 0 amide bonds. The monoisotopic (exact) mass is 409 g/mol. The minimum absolute atomic E-state index is 0.193. The number of carbonyl (C=O) groups is 1. The molecule has 2 aliphatic heterocycles. The van der Waals surface area contributed by atoms with Crippen molar-refractivity contribution in [2.45, 2.75) is 0 Å². The van der Waals surface area contributed by atoms with Crippen molar-refractivity contribution in [2.24, 2.45) is 0 Å². The van der Waals surface area contributed by atoms with Crippen molar-refractivity contribution < 1.29 is 4.79 Å². The molecule has 0 saturated carbocycles. The van der Waals surface area contributed by atoms with Crippen LogP contribution in [0.4, 0.5) is 11.5 Å². The first-order valence-electron chi connectivity index (χ1n) is 10.3. The molecule has 4 aromatic rings. The number of benzene rings is 2. The maximum Gasteiger partial charge on any atom is 0.266 e. The summed E-state index contributed by atoms with van der Waals surface area (Å²) in [7, 11) is 0. The topological polar surface area (TPSA) is 71.3 Å². The largest absolute Gasteiger partial charge is 0.367 e. The van der Waals surface area contributed by atoms with Crippen molar-refractivity contribution in [3.8, 4) is 5.69 Å². The summed E-state index contributed by atoms with van der Waals surface area (Å²) in [6, 6.07) is 18.8. The summed E-state index contributed by atoms with van der Waals surface area (Å²) >= 11 is 0. The first-order chi connectivity index (χ1) is 15.2. The van der Waals surface area contributed by atoms with Gasteiger partial charge in [-0.2, -0.15) is 0 Å². The average Bonchev–Trinajstić information content (AvgIpc) is 3.12. The van der Waals surface area contributed by atoms with E-state index >= 15 is 0 Å². The van der Waals surface area contributed by atoms with E-state index in [1.165, 1.54) is 4.57 Å². The van der Waals surface area contributed by atoms with E-state index in [4.69, 9.17) is 0 Å². The summed E-state index contributed by atoms with van der Waals surface area (Å²) in [5, 5.41) is 0.515. The molecule has 7 nitrogen and oxygen atoms in total. The lowest BCUT2D eigenvalue weighted by atomic mass is 10.1. The van der Waals surface area contributed by atoms with Crippen LogP contribution in [0.15, 0.2) is 71.7 Å². The molecule has 152 valence electrons. The van der Waals surface area contributed by atoms with E-state index in [0.717, 1.165) is 37.7 Å². The highest BCUT2D eigenvalue weighted by Crippen LogP contribution is 2.34. The molecule has 0 atom stereocenters. The third-order valence-corrected chi connectivity index (χ3v) is 6.06. The summed E-state index contributed by atoms with van der Waals surface area (Å²) < 4.78 is 1.47. The van der Waals surface area contributed by atoms with Crippen LogP contribution >= 0.6 is 0 Å². The van der Waals surface area contributed by atoms with Gasteiger partial charge in [0.15, 0.2) is 5.82 Å². The summed E-state index contributed by atoms with van der Waals surface area (Å²) in [5.41, 5.74) is 2.38. The third-order valence-electron chi connectivity index (χ3n) is 6.06. The van der Waals surface area contributed by atoms with Crippen molar-refractivity contribution in [1.29, 1.82) is 0 Å². The maximum atomic E-state index is 13.4. The second-order valence-electron chi connectivity index (χ2n) is 7.76. The maximum absolute atomic E-state index is 13.4. The Morgan fingerprint density at radius 3 is 2.29 bits per heavy atom. The standard InChI is InChI=1S/C24H19N5O2/c30-22-21-18(27-12-14-28(15-13-27)20-10-3-4-11-25-20)8-5-9-19(21)29-23(22)26-17-7-2-1-6-16(17)24(29)31/h1-11H,12-15H2. The van der Waals surface area contributed by atoms with Crippen LogP contribution in [0, 0.1) is 0 Å². The van der Waals surface area contributed by atoms with E-state index in [2.05, 4.69) is 19.8 Å². The zero-order valence-electron chi connectivity index (χ0n) is 16.7. The molecule has 2 aromatic heterocycles. The Labute approximate surface area is 178 Å². The quantitative estimate of drug-likeness (QED) is 0.446. The molecule has 1 saturated heterocycles. The normalized spacial score (nSPS) is 15.3. The molecule has 0 bridgehead atoms. The van der Waals surface area contributed by atoms with Gasteiger partial charge in [0, 0.05) is 32.4 Å². The number of anilines is 2. The van der Waals surface area contributed by atoms with Gasteiger partial charge < -0.3 is 9.80 Å². The van der Waals surface area contributed by atoms with Crippen molar-refractivity contribution in [1.82, 2.24) is 14.5 Å². The van der Waals surface area contributed by atoms with Gasteiger partial charge in [-0.3, -0.25) is 14.2 Å². The fraction of sp³-hybridized carbons (Fsp3) is 0.167. The lowest BCUT2D eigenvalue weighted by Crippen LogP contribution is -2.47. The molecular formula is C24H19N5O2. The SMILES string of the molecule is O=C1c2c(N3CCN(c4ccccn4)CC3)cccc2-n2c1nc1ccccc1c2=O. The molecule has 1 fully saturated rings. The Morgan fingerprint density at radius 2 is 1.48 bits per heavy atom. The molecule has 0 aliphatic carbocycles. The molecular weight excluding hydrogens is 390 g/mol. The summed E-state index contributed by atoms with van der Waals surface area (Å²) in [6.07, 6.45) is 1.80. The third kappa shape index (κ3) is 2.66. The number of nitrogens with zero attached hydrogens (tertiary/aromatic N) is 5. The van der Waals surface area contributed by atoms with Gasteiger partial charge in [0.2, 0.25) is 5.78 Å². The molecule has 4 heterocycles. The van der Waals surface area contributed by atoms with E-state index in [1.807, 2.05) is 48.5 Å². The van der Waals surface area contributed by atoms with E-state index < -0.39 is 0 Å². The number of rotatable bonds is 2. The molecule has 0 unspecified atom stereocenters. The number of pyridine rings is 1.